The molecule has 0 bridgehead atoms. The summed E-state index contributed by atoms with van der Waals surface area (Å²) in [4.78, 5) is 0. The average molecular weight is 231 g/mol. The third kappa shape index (κ3) is 1.17. The fourth-order valence-electron chi connectivity index (χ4n) is 1.11. The Morgan fingerprint density at radius 1 is 1.42 bits per heavy atom. The first-order valence-corrected chi connectivity index (χ1v) is 4.29. The molecule has 0 aliphatic carbocycles. The van der Waals surface area contributed by atoms with Gasteiger partial charge < -0.3 is 14.6 Å². The molecule has 0 atom stereocenters. The highest BCUT2D eigenvalue weighted by atomic mass is 79.9. The average Bonchev–Trinajstić information content (AvgIpc) is 2.52. The molecular weight excluding hydrogens is 224 g/mol. The lowest BCUT2D eigenvalue weighted by Gasteiger charge is -2.01. The van der Waals surface area contributed by atoms with E-state index in [0.29, 0.717) is 11.5 Å². The molecule has 1 heterocycles. The van der Waals surface area contributed by atoms with Crippen molar-refractivity contribution in [1.82, 2.24) is 0 Å². The highest BCUT2D eigenvalue weighted by molar-refractivity contribution is 9.10. The van der Waals surface area contributed by atoms with Gasteiger partial charge in [0.25, 0.3) is 0 Å². The second kappa shape index (κ2) is 2.95. The minimum atomic E-state index is 0.00917. The maximum Gasteiger partial charge on any atom is 0.231 e. The van der Waals surface area contributed by atoms with Crippen LogP contribution in [0.5, 0.6) is 11.5 Å². The van der Waals surface area contributed by atoms with Crippen LogP contribution in [0.1, 0.15) is 5.56 Å². The lowest BCUT2D eigenvalue weighted by atomic mass is 10.2. The summed E-state index contributed by atoms with van der Waals surface area (Å²) in [6, 6.07) is 3.58. The molecule has 0 radical (unpaired) electrons. The molecule has 12 heavy (non-hydrogen) atoms. The number of halogens is 1. The number of hydrogen-bond donors (Lipinski definition) is 1. The second-order valence-corrected chi connectivity index (χ2v) is 3.32. The van der Waals surface area contributed by atoms with Crippen molar-refractivity contribution in [3.63, 3.8) is 0 Å². The molecular formula is C8H7BrO3. The van der Waals surface area contributed by atoms with E-state index in [4.69, 9.17) is 14.6 Å². The van der Waals surface area contributed by atoms with Crippen LogP contribution < -0.4 is 9.47 Å². The summed E-state index contributed by atoms with van der Waals surface area (Å²) >= 11 is 3.32. The monoisotopic (exact) mass is 230 g/mol. The van der Waals surface area contributed by atoms with Crippen molar-refractivity contribution in [1.29, 1.82) is 0 Å². The summed E-state index contributed by atoms with van der Waals surface area (Å²) in [5, 5.41) is 8.88. The molecule has 64 valence electrons. The van der Waals surface area contributed by atoms with E-state index in [1.807, 2.05) is 6.07 Å². The first kappa shape index (κ1) is 7.89. The van der Waals surface area contributed by atoms with Crippen molar-refractivity contribution >= 4 is 15.9 Å². The third-order valence-corrected chi connectivity index (χ3v) is 2.26. The SMILES string of the molecule is OCc1cc(Br)c2c(c1)OCO2. The lowest BCUT2D eigenvalue weighted by Crippen LogP contribution is -1.93. The molecule has 1 aliphatic rings. The minimum Gasteiger partial charge on any atom is -0.454 e. The van der Waals surface area contributed by atoms with E-state index >= 15 is 0 Å². The molecule has 1 aromatic carbocycles. The number of ether oxygens (including phenoxy) is 2. The maximum absolute atomic E-state index is 8.88. The van der Waals surface area contributed by atoms with Gasteiger partial charge in [-0.3, -0.25) is 0 Å². The quantitative estimate of drug-likeness (QED) is 0.798. The minimum absolute atomic E-state index is 0.00917. The topological polar surface area (TPSA) is 38.7 Å². The molecule has 2 rings (SSSR count). The molecule has 0 fully saturated rings. The van der Waals surface area contributed by atoms with Crippen LogP contribution in [-0.4, -0.2) is 11.9 Å². The van der Waals surface area contributed by atoms with Gasteiger partial charge in [0.2, 0.25) is 6.79 Å². The van der Waals surface area contributed by atoms with Crippen LogP contribution in [0.3, 0.4) is 0 Å². The Hall–Kier alpha value is -0.740. The normalized spacial score (nSPS) is 13.5. The van der Waals surface area contributed by atoms with E-state index in [9.17, 15) is 0 Å². The molecule has 0 aromatic heterocycles. The van der Waals surface area contributed by atoms with Crippen molar-refractivity contribution in [2.24, 2.45) is 0 Å². The van der Waals surface area contributed by atoms with Gasteiger partial charge in [-0.05, 0) is 33.6 Å². The first-order valence-electron chi connectivity index (χ1n) is 3.50. The van der Waals surface area contributed by atoms with Gasteiger partial charge in [0, 0.05) is 0 Å². The Morgan fingerprint density at radius 3 is 3.00 bits per heavy atom. The number of fused-ring (bicyclic) bond motifs is 1. The first-order chi connectivity index (χ1) is 5.81. The molecule has 1 N–H and O–H groups in total. The largest absolute Gasteiger partial charge is 0.454 e. The van der Waals surface area contributed by atoms with Gasteiger partial charge in [-0.1, -0.05) is 0 Å². The van der Waals surface area contributed by atoms with Crippen LogP contribution in [0.2, 0.25) is 0 Å². The van der Waals surface area contributed by atoms with Crippen LogP contribution >= 0.6 is 15.9 Å². The van der Waals surface area contributed by atoms with Crippen molar-refractivity contribution < 1.29 is 14.6 Å². The predicted octanol–water partition coefficient (Wildman–Crippen LogP) is 1.67. The van der Waals surface area contributed by atoms with Gasteiger partial charge in [-0.2, -0.15) is 0 Å². The van der Waals surface area contributed by atoms with Crippen LogP contribution in [0.25, 0.3) is 0 Å². The van der Waals surface area contributed by atoms with Crippen molar-refractivity contribution in [3.8, 4) is 11.5 Å². The molecule has 0 spiro atoms. The van der Waals surface area contributed by atoms with Gasteiger partial charge in [0.1, 0.15) is 0 Å². The van der Waals surface area contributed by atoms with Crippen LogP contribution in [-0.2, 0) is 6.61 Å². The fourth-order valence-corrected chi connectivity index (χ4v) is 1.72. The van der Waals surface area contributed by atoms with E-state index in [-0.39, 0.29) is 13.4 Å². The Kier molecular flexibility index (Phi) is 1.94. The van der Waals surface area contributed by atoms with Crippen molar-refractivity contribution in [3.05, 3.63) is 22.2 Å². The summed E-state index contributed by atoms with van der Waals surface area (Å²) in [6.45, 7) is 0.262. The highest BCUT2D eigenvalue weighted by Crippen LogP contribution is 2.39. The Labute approximate surface area is 78.0 Å². The molecule has 0 amide bonds. The van der Waals surface area contributed by atoms with Gasteiger partial charge in [-0.15, -0.1) is 0 Å². The zero-order valence-corrected chi connectivity index (χ0v) is 7.80. The number of hydrogen-bond acceptors (Lipinski definition) is 3. The number of aliphatic hydroxyl groups excluding tert-OH is 1. The lowest BCUT2D eigenvalue weighted by molar-refractivity contribution is 0.173. The molecule has 3 nitrogen and oxygen atoms in total. The number of aliphatic hydroxyl groups is 1. The summed E-state index contributed by atoms with van der Waals surface area (Å²) in [6.07, 6.45) is 0. The number of rotatable bonds is 1. The van der Waals surface area contributed by atoms with Gasteiger partial charge in [0.15, 0.2) is 11.5 Å². The van der Waals surface area contributed by atoms with E-state index in [0.717, 1.165) is 10.0 Å². The predicted molar refractivity (Wildman–Crippen MR) is 46.2 cm³/mol. The molecule has 1 aliphatic heterocycles. The van der Waals surface area contributed by atoms with Gasteiger partial charge in [0.05, 0.1) is 11.1 Å². The second-order valence-electron chi connectivity index (χ2n) is 2.47. The number of benzene rings is 1. The molecule has 0 saturated heterocycles. The smallest absolute Gasteiger partial charge is 0.231 e. The fraction of sp³-hybridized carbons (Fsp3) is 0.250. The maximum atomic E-state index is 8.88. The summed E-state index contributed by atoms with van der Waals surface area (Å²) in [5.41, 5.74) is 0.811. The summed E-state index contributed by atoms with van der Waals surface area (Å²) < 4.78 is 11.2. The molecule has 1 aromatic rings. The van der Waals surface area contributed by atoms with Gasteiger partial charge in [-0.25, -0.2) is 0 Å². The third-order valence-electron chi connectivity index (χ3n) is 1.67. The molecule has 0 saturated carbocycles. The van der Waals surface area contributed by atoms with Crippen molar-refractivity contribution in [2.45, 2.75) is 6.61 Å². The van der Waals surface area contributed by atoms with E-state index in [1.165, 1.54) is 0 Å². The molecule has 0 unspecified atom stereocenters. The van der Waals surface area contributed by atoms with Crippen LogP contribution in [0, 0.1) is 0 Å². The Bertz CT molecular complexity index is 311. The zero-order chi connectivity index (χ0) is 8.55. The van der Waals surface area contributed by atoms with E-state index < -0.39 is 0 Å². The Balaban J connectivity index is 2.51. The standard InChI is InChI=1S/C8H7BrO3/c9-6-1-5(3-10)2-7-8(6)12-4-11-7/h1-2,10H,3-4H2. The van der Waals surface area contributed by atoms with E-state index in [1.54, 1.807) is 6.07 Å². The summed E-state index contributed by atoms with van der Waals surface area (Å²) in [7, 11) is 0. The van der Waals surface area contributed by atoms with Crippen LogP contribution in [0.15, 0.2) is 16.6 Å². The Morgan fingerprint density at radius 2 is 2.25 bits per heavy atom. The van der Waals surface area contributed by atoms with E-state index in [2.05, 4.69) is 15.9 Å². The highest BCUT2D eigenvalue weighted by Gasteiger charge is 2.17. The van der Waals surface area contributed by atoms with Gasteiger partial charge >= 0.3 is 0 Å². The van der Waals surface area contributed by atoms with Crippen LogP contribution in [0.4, 0.5) is 0 Å². The summed E-state index contributed by atoms with van der Waals surface area (Å²) in [5.74, 6) is 1.40. The zero-order valence-electron chi connectivity index (χ0n) is 6.21. The van der Waals surface area contributed by atoms with Crippen molar-refractivity contribution in [2.75, 3.05) is 6.79 Å². The molecule has 4 heteroatoms.